The van der Waals surface area contributed by atoms with Crippen LogP contribution in [-0.4, -0.2) is 16.7 Å². The number of hydrogen-bond acceptors (Lipinski definition) is 4. The van der Waals surface area contributed by atoms with E-state index in [2.05, 4.69) is 0 Å². The molecule has 2 aromatic rings. The van der Waals surface area contributed by atoms with Gasteiger partial charge in [-0.25, -0.2) is 4.90 Å². The monoisotopic (exact) mass is 356 g/mol. The summed E-state index contributed by atoms with van der Waals surface area (Å²) >= 11 is 6.44. The van der Waals surface area contributed by atoms with Crippen molar-refractivity contribution in [3.8, 4) is 0 Å². The van der Waals surface area contributed by atoms with E-state index in [0.717, 1.165) is 10.5 Å². The second-order valence-electron chi connectivity index (χ2n) is 5.67. The number of nitro benzene ring substituents is 1. The van der Waals surface area contributed by atoms with Gasteiger partial charge in [0.2, 0.25) is 5.91 Å². The second kappa shape index (κ2) is 6.14. The van der Waals surface area contributed by atoms with Crippen LogP contribution in [-0.2, 0) is 9.59 Å². The van der Waals surface area contributed by atoms with E-state index in [1.807, 2.05) is 19.1 Å². The molecule has 2 aromatic carbocycles. The van der Waals surface area contributed by atoms with E-state index in [1.165, 1.54) is 25.1 Å². The van der Waals surface area contributed by atoms with Crippen LogP contribution in [0.15, 0.2) is 42.5 Å². The summed E-state index contributed by atoms with van der Waals surface area (Å²) in [5.41, 5.74) is 2.10. The van der Waals surface area contributed by atoms with Crippen LogP contribution in [0.4, 0.5) is 11.4 Å². The second-order valence-corrected chi connectivity index (χ2v) is 6.05. The third-order valence-electron chi connectivity index (χ3n) is 3.96. The number of nitro groups is 1. The Kier molecular flexibility index (Phi) is 4.14. The van der Waals surface area contributed by atoms with Crippen LogP contribution in [0.1, 0.15) is 23.6 Å². The van der Waals surface area contributed by atoms with Crippen molar-refractivity contribution in [1.82, 2.24) is 0 Å². The molecule has 1 aliphatic heterocycles. The highest BCUT2D eigenvalue weighted by atomic mass is 35.5. The molecule has 0 unspecified atom stereocenters. The summed E-state index contributed by atoms with van der Waals surface area (Å²) in [6.45, 7) is 3.17. The third kappa shape index (κ3) is 2.81. The summed E-state index contributed by atoms with van der Waals surface area (Å²) in [5.74, 6) is -1.07. The fraction of sp³-hybridized carbons (Fsp3) is 0.111. The molecule has 6 nitrogen and oxygen atoms in total. The molecule has 25 heavy (non-hydrogen) atoms. The maximum absolute atomic E-state index is 12.8. The lowest BCUT2D eigenvalue weighted by Gasteiger charge is -2.11. The topological polar surface area (TPSA) is 80.5 Å². The zero-order valence-electron chi connectivity index (χ0n) is 13.4. The molecule has 2 amide bonds. The van der Waals surface area contributed by atoms with Crippen molar-refractivity contribution < 1.29 is 14.5 Å². The summed E-state index contributed by atoms with van der Waals surface area (Å²) in [5, 5.41) is 11.2. The molecule has 126 valence electrons. The zero-order valence-corrected chi connectivity index (χ0v) is 14.2. The van der Waals surface area contributed by atoms with Crippen LogP contribution in [0.25, 0.3) is 10.6 Å². The number of rotatable bonds is 2. The maximum atomic E-state index is 12.8. The van der Waals surface area contributed by atoms with Gasteiger partial charge >= 0.3 is 0 Å². The predicted octanol–water partition coefficient (Wildman–Crippen LogP) is 3.90. The van der Waals surface area contributed by atoms with Crippen molar-refractivity contribution >= 4 is 45.4 Å². The Morgan fingerprint density at radius 2 is 1.80 bits per heavy atom. The minimum absolute atomic E-state index is 0.0828. The number of anilines is 1. The van der Waals surface area contributed by atoms with E-state index in [0.29, 0.717) is 11.3 Å². The van der Waals surface area contributed by atoms with Crippen LogP contribution in [0.3, 0.4) is 0 Å². The third-order valence-corrected chi connectivity index (χ3v) is 4.36. The lowest BCUT2D eigenvalue weighted by Crippen LogP contribution is -2.31. The molecule has 0 radical (unpaired) electrons. The summed E-state index contributed by atoms with van der Waals surface area (Å²) in [4.78, 5) is 36.1. The van der Waals surface area contributed by atoms with E-state index in [-0.39, 0.29) is 21.9 Å². The Morgan fingerprint density at radius 3 is 2.36 bits per heavy atom. The van der Waals surface area contributed by atoms with Crippen molar-refractivity contribution in [3.05, 3.63) is 69.3 Å². The van der Waals surface area contributed by atoms with Crippen LogP contribution in [0, 0.1) is 17.0 Å². The number of imide groups is 1. The molecule has 0 aromatic heterocycles. The highest BCUT2D eigenvalue weighted by molar-refractivity contribution is 6.60. The quantitative estimate of drug-likeness (QED) is 0.464. The first-order valence-corrected chi connectivity index (χ1v) is 7.79. The Morgan fingerprint density at radius 1 is 1.16 bits per heavy atom. The fourth-order valence-corrected chi connectivity index (χ4v) is 3.05. The van der Waals surface area contributed by atoms with Crippen LogP contribution >= 0.6 is 11.6 Å². The van der Waals surface area contributed by atoms with Crippen LogP contribution in [0.2, 0.25) is 0 Å². The van der Waals surface area contributed by atoms with Gasteiger partial charge in [-0.3, -0.25) is 19.7 Å². The summed E-state index contributed by atoms with van der Waals surface area (Å²) in [6.07, 6.45) is 0. The van der Waals surface area contributed by atoms with E-state index in [4.69, 9.17) is 11.6 Å². The number of amides is 2. The minimum atomic E-state index is -0.589. The van der Waals surface area contributed by atoms with E-state index in [9.17, 15) is 19.7 Å². The SMILES string of the molecule is CC(=O)N1C(=O)C(=C(Cl)c2ccc(C)cc2)c2cc([N+](=O)[O-])ccc21. The van der Waals surface area contributed by atoms with Crippen molar-refractivity contribution in [2.24, 2.45) is 0 Å². The molecule has 3 rings (SSSR count). The van der Waals surface area contributed by atoms with Crippen molar-refractivity contribution in [2.75, 3.05) is 4.90 Å². The van der Waals surface area contributed by atoms with E-state index < -0.39 is 16.7 Å². The Hall–Kier alpha value is -2.99. The average molecular weight is 357 g/mol. The lowest BCUT2D eigenvalue weighted by atomic mass is 10.0. The molecule has 7 heteroatoms. The van der Waals surface area contributed by atoms with Gasteiger partial charge in [0.25, 0.3) is 11.6 Å². The number of nitrogens with zero attached hydrogens (tertiary/aromatic N) is 2. The van der Waals surface area contributed by atoms with Gasteiger partial charge in [0.15, 0.2) is 0 Å². The number of aryl methyl sites for hydroxylation is 1. The number of benzene rings is 2. The smallest absolute Gasteiger partial charge is 0.270 e. The Bertz CT molecular complexity index is 948. The Balaban J connectivity index is 2.27. The van der Waals surface area contributed by atoms with Gasteiger partial charge in [-0.1, -0.05) is 41.4 Å². The summed E-state index contributed by atoms with van der Waals surface area (Å²) < 4.78 is 0. The molecular formula is C18H13ClN2O4. The number of carbonyl (C=O) groups excluding carboxylic acids is 2. The molecule has 1 heterocycles. The van der Waals surface area contributed by atoms with Crippen molar-refractivity contribution in [1.29, 1.82) is 0 Å². The normalized spacial score (nSPS) is 15.2. The largest absolute Gasteiger partial charge is 0.274 e. The Labute approximate surface area is 148 Å². The summed E-state index contributed by atoms with van der Waals surface area (Å²) in [6, 6.07) is 11.1. The van der Waals surface area contributed by atoms with E-state index >= 15 is 0 Å². The number of hydrogen-bond donors (Lipinski definition) is 0. The summed E-state index contributed by atoms with van der Waals surface area (Å²) in [7, 11) is 0. The molecule has 0 bridgehead atoms. The van der Waals surface area contributed by atoms with Crippen molar-refractivity contribution in [2.45, 2.75) is 13.8 Å². The van der Waals surface area contributed by atoms with Crippen LogP contribution < -0.4 is 4.90 Å². The highest BCUT2D eigenvalue weighted by Gasteiger charge is 2.38. The predicted molar refractivity (Wildman–Crippen MR) is 95.1 cm³/mol. The molecule has 0 saturated carbocycles. The fourth-order valence-electron chi connectivity index (χ4n) is 2.74. The maximum Gasteiger partial charge on any atom is 0.270 e. The van der Waals surface area contributed by atoms with E-state index in [1.54, 1.807) is 12.1 Å². The molecule has 0 spiro atoms. The molecular weight excluding hydrogens is 344 g/mol. The van der Waals surface area contributed by atoms with Gasteiger partial charge in [-0.15, -0.1) is 0 Å². The standard InChI is InChI=1S/C18H13ClN2O4/c1-10-3-5-12(6-4-10)17(19)16-14-9-13(21(24)25)7-8-15(14)20(11(2)22)18(16)23/h3-9H,1-2H3. The number of non-ortho nitro benzene ring substituents is 1. The first kappa shape index (κ1) is 16.9. The van der Waals surface area contributed by atoms with Gasteiger partial charge in [0.05, 0.1) is 21.2 Å². The number of fused-ring (bicyclic) bond motifs is 1. The first-order chi connectivity index (χ1) is 11.8. The number of halogens is 1. The van der Waals surface area contributed by atoms with Crippen LogP contribution in [0.5, 0.6) is 0 Å². The lowest BCUT2D eigenvalue weighted by molar-refractivity contribution is -0.384. The van der Waals surface area contributed by atoms with Gasteiger partial charge in [-0.05, 0) is 18.6 Å². The molecule has 0 atom stereocenters. The zero-order chi connectivity index (χ0) is 18.3. The highest BCUT2D eigenvalue weighted by Crippen LogP contribution is 2.43. The van der Waals surface area contributed by atoms with Gasteiger partial charge in [-0.2, -0.15) is 0 Å². The molecule has 0 aliphatic carbocycles. The van der Waals surface area contributed by atoms with Gasteiger partial charge < -0.3 is 0 Å². The van der Waals surface area contributed by atoms with Gasteiger partial charge in [0, 0.05) is 24.6 Å². The molecule has 0 N–H and O–H groups in total. The number of carbonyl (C=O) groups is 2. The molecule has 1 aliphatic rings. The van der Waals surface area contributed by atoms with Gasteiger partial charge in [0.1, 0.15) is 0 Å². The molecule has 0 fully saturated rings. The minimum Gasteiger partial charge on any atom is -0.274 e. The first-order valence-electron chi connectivity index (χ1n) is 7.42. The average Bonchev–Trinajstić information content (AvgIpc) is 2.85. The van der Waals surface area contributed by atoms with Crippen molar-refractivity contribution in [3.63, 3.8) is 0 Å². The molecule has 0 saturated heterocycles.